The fourth-order valence-corrected chi connectivity index (χ4v) is 2.28. The molecule has 24 heavy (non-hydrogen) atoms. The summed E-state index contributed by atoms with van der Waals surface area (Å²) in [4.78, 5) is 23.4. The van der Waals surface area contributed by atoms with E-state index in [2.05, 4.69) is 16.0 Å². The molecule has 0 atom stereocenters. The van der Waals surface area contributed by atoms with E-state index in [-0.39, 0.29) is 18.4 Å². The fraction of sp³-hybridized carbons (Fsp3) is 0.176. The SMILES string of the molecule is CCC(=O)Nc1cccc(NCC(=O)Nc2cccc(Cl)c2Cl)c1. The lowest BCUT2D eigenvalue weighted by atomic mass is 10.2. The summed E-state index contributed by atoms with van der Waals surface area (Å²) in [5.74, 6) is -0.331. The maximum atomic E-state index is 12.0. The number of carbonyl (C=O) groups is 2. The molecule has 3 N–H and O–H groups in total. The third kappa shape index (κ3) is 5.15. The molecule has 2 aromatic rings. The molecular weight excluding hydrogens is 349 g/mol. The van der Waals surface area contributed by atoms with E-state index < -0.39 is 0 Å². The van der Waals surface area contributed by atoms with Crippen molar-refractivity contribution in [3.63, 3.8) is 0 Å². The average molecular weight is 366 g/mol. The van der Waals surface area contributed by atoms with E-state index in [1.54, 1.807) is 49.4 Å². The minimum Gasteiger partial charge on any atom is -0.376 e. The summed E-state index contributed by atoms with van der Waals surface area (Å²) in [7, 11) is 0. The minimum absolute atomic E-state index is 0.0496. The first-order valence-corrected chi connectivity index (χ1v) is 8.13. The summed E-state index contributed by atoms with van der Waals surface area (Å²) in [6.07, 6.45) is 0.403. The van der Waals surface area contributed by atoms with Crippen molar-refractivity contribution in [2.24, 2.45) is 0 Å². The molecular formula is C17H17Cl2N3O2. The summed E-state index contributed by atoms with van der Waals surface area (Å²) in [6, 6.07) is 12.2. The number of hydrogen-bond donors (Lipinski definition) is 3. The Labute approximate surface area is 150 Å². The highest BCUT2D eigenvalue weighted by atomic mass is 35.5. The fourth-order valence-electron chi connectivity index (χ4n) is 1.93. The van der Waals surface area contributed by atoms with Gasteiger partial charge in [-0.05, 0) is 30.3 Å². The van der Waals surface area contributed by atoms with Crippen molar-refractivity contribution in [3.8, 4) is 0 Å². The molecule has 0 fully saturated rings. The Bertz CT molecular complexity index is 750. The zero-order chi connectivity index (χ0) is 17.5. The van der Waals surface area contributed by atoms with E-state index >= 15 is 0 Å². The average Bonchev–Trinajstić information content (AvgIpc) is 2.57. The van der Waals surface area contributed by atoms with Crippen LogP contribution in [0.3, 0.4) is 0 Å². The quantitative estimate of drug-likeness (QED) is 0.710. The summed E-state index contributed by atoms with van der Waals surface area (Å²) >= 11 is 11.9. The topological polar surface area (TPSA) is 70.2 Å². The molecule has 0 bridgehead atoms. The van der Waals surface area contributed by atoms with Gasteiger partial charge < -0.3 is 16.0 Å². The van der Waals surface area contributed by atoms with Gasteiger partial charge in [-0.15, -0.1) is 0 Å². The minimum atomic E-state index is -0.262. The highest BCUT2D eigenvalue weighted by Gasteiger charge is 2.08. The molecule has 0 unspecified atom stereocenters. The Hall–Kier alpha value is -2.24. The Morgan fingerprint density at radius 1 is 0.958 bits per heavy atom. The first-order chi connectivity index (χ1) is 11.5. The van der Waals surface area contributed by atoms with Gasteiger partial charge in [0.2, 0.25) is 11.8 Å². The van der Waals surface area contributed by atoms with Crippen LogP contribution in [0, 0.1) is 0 Å². The van der Waals surface area contributed by atoms with Crippen LogP contribution in [0.2, 0.25) is 10.0 Å². The molecule has 0 radical (unpaired) electrons. The van der Waals surface area contributed by atoms with Crippen molar-refractivity contribution in [1.82, 2.24) is 0 Å². The standard InChI is InChI=1S/C17H17Cl2N3O2/c1-2-15(23)21-12-6-3-5-11(9-12)20-10-16(24)22-14-8-4-7-13(18)17(14)19/h3-9,20H,2,10H2,1H3,(H,21,23)(H,22,24). The third-order valence-corrected chi connectivity index (χ3v) is 3.97. The number of carbonyl (C=O) groups excluding carboxylic acids is 2. The van der Waals surface area contributed by atoms with Crippen molar-refractivity contribution >= 4 is 52.1 Å². The second-order valence-electron chi connectivity index (χ2n) is 4.99. The molecule has 7 heteroatoms. The first-order valence-electron chi connectivity index (χ1n) is 7.37. The van der Waals surface area contributed by atoms with Gasteiger partial charge in [-0.2, -0.15) is 0 Å². The molecule has 126 valence electrons. The molecule has 5 nitrogen and oxygen atoms in total. The van der Waals surface area contributed by atoms with E-state index in [0.29, 0.717) is 27.8 Å². The zero-order valence-electron chi connectivity index (χ0n) is 13.0. The molecule has 0 spiro atoms. The van der Waals surface area contributed by atoms with Gasteiger partial charge in [0.15, 0.2) is 0 Å². The molecule has 0 aromatic heterocycles. The summed E-state index contributed by atoms with van der Waals surface area (Å²) in [6.45, 7) is 1.83. The molecule has 0 aliphatic carbocycles. The number of hydrogen-bond acceptors (Lipinski definition) is 3. The zero-order valence-corrected chi connectivity index (χ0v) is 14.5. The van der Waals surface area contributed by atoms with Crippen LogP contribution in [0.1, 0.15) is 13.3 Å². The van der Waals surface area contributed by atoms with Gasteiger partial charge in [-0.25, -0.2) is 0 Å². The van der Waals surface area contributed by atoms with Crippen molar-refractivity contribution in [2.45, 2.75) is 13.3 Å². The molecule has 2 amide bonds. The lowest BCUT2D eigenvalue weighted by Gasteiger charge is -2.11. The Morgan fingerprint density at radius 2 is 1.67 bits per heavy atom. The van der Waals surface area contributed by atoms with Gasteiger partial charge in [0, 0.05) is 17.8 Å². The molecule has 0 aliphatic heterocycles. The third-order valence-electron chi connectivity index (χ3n) is 3.15. The van der Waals surface area contributed by atoms with E-state index in [0.717, 1.165) is 5.69 Å². The molecule has 0 saturated heterocycles. The number of benzene rings is 2. The van der Waals surface area contributed by atoms with E-state index in [1.807, 2.05) is 0 Å². The molecule has 2 aromatic carbocycles. The van der Waals surface area contributed by atoms with Crippen LogP contribution in [0.15, 0.2) is 42.5 Å². The van der Waals surface area contributed by atoms with Crippen LogP contribution < -0.4 is 16.0 Å². The molecule has 0 saturated carbocycles. The second kappa shape index (κ2) is 8.57. The normalized spacial score (nSPS) is 10.1. The highest BCUT2D eigenvalue weighted by Crippen LogP contribution is 2.29. The van der Waals surface area contributed by atoms with Crippen molar-refractivity contribution < 1.29 is 9.59 Å². The van der Waals surface area contributed by atoms with E-state index in [9.17, 15) is 9.59 Å². The monoisotopic (exact) mass is 365 g/mol. The number of amides is 2. The predicted molar refractivity (Wildman–Crippen MR) is 98.9 cm³/mol. The summed E-state index contributed by atoms with van der Waals surface area (Å²) in [5.41, 5.74) is 1.85. The largest absolute Gasteiger partial charge is 0.376 e. The van der Waals surface area contributed by atoms with E-state index in [4.69, 9.17) is 23.2 Å². The lowest BCUT2D eigenvalue weighted by Crippen LogP contribution is -2.22. The summed E-state index contributed by atoms with van der Waals surface area (Å²) in [5, 5.41) is 9.12. The number of nitrogens with one attached hydrogen (secondary N) is 3. The van der Waals surface area contributed by atoms with E-state index in [1.165, 1.54) is 0 Å². The highest BCUT2D eigenvalue weighted by molar-refractivity contribution is 6.44. The Morgan fingerprint density at radius 3 is 2.42 bits per heavy atom. The number of halogens is 2. The van der Waals surface area contributed by atoms with Crippen LogP contribution in [-0.4, -0.2) is 18.4 Å². The van der Waals surface area contributed by atoms with Crippen LogP contribution in [0.5, 0.6) is 0 Å². The molecule has 2 rings (SSSR count). The molecule has 0 heterocycles. The van der Waals surface area contributed by atoms with Gasteiger partial charge in [0.1, 0.15) is 0 Å². The Balaban J connectivity index is 1.93. The number of anilines is 3. The van der Waals surface area contributed by atoms with Gasteiger partial charge in [-0.3, -0.25) is 9.59 Å². The van der Waals surface area contributed by atoms with Crippen molar-refractivity contribution in [1.29, 1.82) is 0 Å². The number of rotatable bonds is 6. The van der Waals surface area contributed by atoms with Crippen LogP contribution in [0.4, 0.5) is 17.1 Å². The molecule has 0 aliphatic rings. The van der Waals surface area contributed by atoms with Crippen molar-refractivity contribution in [3.05, 3.63) is 52.5 Å². The lowest BCUT2D eigenvalue weighted by molar-refractivity contribution is -0.116. The van der Waals surface area contributed by atoms with Crippen molar-refractivity contribution in [2.75, 3.05) is 22.5 Å². The first kappa shape index (κ1) is 18.1. The van der Waals surface area contributed by atoms with Crippen LogP contribution in [-0.2, 0) is 9.59 Å². The summed E-state index contributed by atoms with van der Waals surface area (Å²) < 4.78 is 0. The van der Waals surface area contributed by atoms with Crippen LogP contribution >= 0.6 is 23.2 Å². The van der Waals surface area contributed by atoms with Gasteiger partial charge in [0.25, 0.3) is 0 Å². The van der Waals surface area contributed by atoms with Crippen LogP contribution in [0.25, 0.3) is 0 Å². The maximum Gasteiger partial charge on any atom is 0.243 e. The van der Waals surface area contributed by atoms with Gasteiger partial charge in [0.05, 0.1) is 22.3 Å². The Kier molecular flexibility index (Phi) is 6.46. The van der Waals surface area contributed by atoms with Gasteiger partial charge >= 0.3 is 0 Å². The smallest absolute Gasteiger partial charge is 0.243 e. The van der Waals surface area contributed by atoms with Gasteiger partial charge in [-0.1, -0.05) is 42.3 Å². The maximum absolute atomic E-state index is 12.0. The predicted octanol–water partition coefficient (Wildman–Crippen LogP) is 4.39. The second-order valence-corrected chi connectivity index (χ2v) is 5.77.